The third kappa shape index (κ3) is 3.85. The van der Waals surface area contributed by atoms with Gasteiger partial charge < -0.3 is 9.64 Å². The Bertz CT molecular complexity index is 1130. The SMILES string of the molecule is Cc1c(OCCN(C)C)c2cc(Cl)cc(Cl)c2n1S(=O)(=O)c1ccc(F)cc1. The van der Waals surface area contributed by atoms with Crippen molar-refractivity contribution >= 4 is 44.1 Å². The van der Waals surface area contributed by atoms with Gasteiger partial charge >= 0.3 is 0 Å². The number of hydrogen-bond acceptors (Lipinski definition) is 4. The predicted molar refractivity (Wildman–Crippen MR) is 110 cm³/mol. The molecule has 3 rings (SSSR count). The highest BCUT2D eigenvalue weighted by Crippen LogP contribution is 2.40. The summed E-state index contributed by atoms with van der Waals surface area (Å²) in [5.74, 6) is -0.127. The molecule has 0 aliphatic rings. The van der Waals surface area contributed by atoms with Crippen LogP contribution >= 0.6 is 23.2 Å². The van der Waals surface area contributed by atoms with Crippen molar-refractivity contribution in [3.63, 3.8) is 0 Å². The Kier molecular flexibility index (Phi) is 5.91. The third-order valence-electron chi connectivity index (χ3n) is 4.25. The Morgan fingerprint density at radius 2 is 1.79 bits per heavy atom. The summed E-state index contributed by atoms with van der Waals surface area (Å²) in [6.07, 6.45) is 0. The molecule has 0 atom stereocenters. The highest BCUT2D eigenvalue weighted by Gasteiger charge is 2.28. The minimum Gasteiger partial charge on any atom is -0.490 e. The van der Waals surface area contributed by atoms with Gasteiger partial charge in [-0.1, -0.05) is 23.2 Å². The Labute approximate surface area is 173 Å². The normalized spacial score (nSPS) is 12.1. The van der Waals surface area contributed by atoms with E-state index in [4.69, 9.17) is 27.9 Å². The van der Waals surface area contributed by atoms with Crippen molar-refractivity contribution in [1.82, 2.24) is 8.87 Å². The molecule has 0 unspecified atom stereocenters. The molecule has 2 aromatic carbocycles. The van der Waals surface area contributed by atoms with E-state index in [1.807, 2.05) is 19.0 Å². The summed E-state index contributed by atoms with van der Waals surface area (Å²) in [5.41, 5.74) is 0.634. The van der Waals surface area contributed by atoms with Crippen LogP contribution in [0.5, 0.6) is 5.75 Å². The van der Waals surface area contributed by atoms with E-state index in [0.29, 0.717) is 35.0 Å². The van der Waals surface area contributed by atoms with Crippen LogP contribution in [0.2, 0.25) is 10.0 Å². The molecule has 0 fully saturated rings. The van der Waals surface area contributed by atoms with Crippen LogP contribution in [0.4, 0.5) is 4.39 Å². The fourth-order valence-electron chi connectivity index (χ4n) is 2.93. The summed E-state index contributed by atoms with van der Waals surface area (Å²) >= 11 is 12.5. The molecule has 0 amide bonds. The van der Waals surface area contributed by atoms with Gasteiger partial charge in [-0.3, -0.25) is 0 Å². The minimum atomic E-state index is -4.04. The third-order valence-corrected chi connectivity index (χ3v) is 6.56. The second-order valence-electron chi connectivity index (χ2n) is 6.57. The fourth-order valence-corrected chi connectivity index (χ4v) is 5.12. The Morgan fingerprint density at radius 3 is 2.39 bits per heavy atom. The Hall–Kier alpha value is -1.80. The monoisotopic (exact) mass is 444 g/mol. The molecule has 150 valence electrons. The molecule has 0 aliphatic carbocycles. The molecule has 0 saturated carbocycles. The number of likely N-dealkylation sites (N-methyl/N-ethyl adjacent to an activating group) is 1. The van der Waals surface area contributed by atoms with Crippen molar-refractivity contribution in [2.24, 2.45) is 0 Å². The van der Waals surface area contributed by atoms with Gasteiger partial charge in [-0.15, -0.1) is 0 Å². The van der Waals surface area contributed by atoms with Crippen molar-refractivity contribution in [1.29, 1.82) is 0 Å². The number of fused-ring (bicyclic) bond motifs is 1. The van der Waals surface area contributed by atoms with Gasteiger partial charge in [0, 0.05) is 17.0 Å². The van der Waals surface area contributed by atoms with E-state index in [0.717, 1.165) is 16.1 Å². The second kappa shape index (κ2) is 7.91. The summed E-state index contributed by atoms with van der Waals surface area (Å²) in [6.45, 7) is 2.63. The lowest BCUT2D eigenvalue weighted by atomic mass is 10.2. The van der Waals surface area contributed by atoms with E-state index >= 15 is 0 Å². The Morgan fingerprint density at radius 1 is 1.14 bits per heavy atom. The van der Waals surface area contributed by atoms with Gasteiger partial charge in [0.2, 0.25) is 0 Å². The summed E-state index contributed by atoms with van der Waals surface area (Å²) in [6, 6.07) is 7.73. The number of ether oxygens (including phenoxy) is 1. The summed E-state index contributed by atoms with van der Waals surface area (Å²) in [5, 5.41) is 1.05. The van der Waals surface area contributed by atoms with E-state index < -0.39 is 15.8 Å². The highest BCUT2D eigenvalue weighted by atomic mass is 35.5. The number of aromatic nitrogens is 1. The first kappa shape index (κ1) is 20.9. The molecule has 0 radical (unpaired) electrons. The maximum atomic E-state index is 13.3. The van der Waals surface area contributed by atoms with Gasteiger partial charge in [-0.2, -0.15) is 0 Å². The smallest absolute Gasteiger partial charge is 0.268 e. The molecule has 3 aromatic rings. The molecule has 0 aliphatic heterocycles. The lowest BCUT2D eigenvalue weighted by Gasteiger charge is -2.12. The van der Waals surface area contributed by atoms with Crippen LogP contribution in [0.25, 0.3) is 10.9 Å². The topological polar surface area (TPSA) is 51.5 Å². The molecule has 28 heavy (non-hydrogen) atoms. The number of halogens is 3. The first-order valence-electron chi connectivity index (χ1n) is 8.41. The average Bonchev–Trinajstić information content (AvgIpc) is 2.88. The lowest BCUT2D eigenvalue weighted by molar-refractivity contribution is 0.262. The van der Waals surface area contributed by atoms with Gasteiger partial charge in [0.25, 0.3) is 10.0 Å². The van der Waals surface area contributed by atoms with E-state index in [-0.39, 0.29) is 15.4 Å². The van der Waals surface area contributed by atoms with Gasteiger partial charge in [0.15, 0.2) is 0 Å². The summed E-state index contributed by atoms with van der Waals surface area (Å²) < 4.78 is 46.9. The van der Waals surface area contributed by atoms with E-state index in [1.54, 1.807) is 13.0 Å². The number of nitrogens with zero attached hydrogens (tertiary/aromatic N) is 2. The van der Waals surface area contributed by atoms with E-state index in [1.165, 1.54) is 18.2 Å². The second-order valence-corrected chi connectivity index (χ2v) is 9.20. The van der Waals surface area contributed by atoms with Crippen molar-refractivity contribution < 1.29 is 17.5 Å². The van der Waals surface area contributed by atoms with Crippen LogP contribution in [-0.4, -0.2) is 44.5 Å². The van der Waals surface area contributed by atoms with Crippen LogP contribution in [0.3, 0.4) is 0 Å². The van der Waals surface area contributed by atoms with Crippen molar-refractivity contribution in [3.8, 4) is 5.75 Å². The molecule has 5 nitrogen and oxygen atoms in total. The first-order valence-corrected chi connectivity index (χ1v) is 10.6. The quantitative estimate of drug-likeness (QED) is 0.558. The zero-order valence-corrected chi connectivity index (χ0v) is 17.9. The molecule has 9 heteroatoms. The lowest BCUT2D eigenvalue weighted by Crippen LogP contribution is -2.20. The average molecular weight is 445 g/mol. The van der Waals surface area contributed by atoms with Crippen molar-refractivity contribution in [2.75, 3.05) is 27.2 Å². The molecule has 1 heterocycles. The molecule has 0 saturated heterocycles. The van der Waals surface area contributed by atoms with Gasteiger partial charge in [-0.05, 0) is 57.4 Å². The minimum absolute atomic E-state index is 0.0558. The number of benzene rings is 2. The molecule has 1 aromatic heterocycles. The molecular weight excluding hydrogens is 426 g/mol. The zero-order chi connectivity index (χ0) is 20.6. The molecule has 0 bridgehead atoms. The highest BCUT2D eigenvalue weighted by molar-refractivity contribution is 7.90. The standard InChI is InChI=1S/C19H19Cl2FN2O3S/c1-12-19(27-9-8-23(2)3)16-10-13(20)11-17(21)18(16)24(12)28(25,26)15-6-4-14(22)5-7-15/h4-7,10-11H,8-9H2,1-3H3. The van der Waals surface area contributed by atoms with Gasteiger partial charge in [0.05, 0.1) is 21.1 Å². The Balaban J connectivity index is 2.25. The van der Waals surface area contributed by atoms with Gasteiger partial charge in [-0.25, -0.2) is 16.8 Å². The van der Waals surface area contributed by atoms with Crippen LogP contribution in [-0.2, 0) is 10.0 Å². The number of rotatable bonds is 6. The summed E-state index contributed by atoms with van der Waals surface area (Å²) in [7, 11) is -0.219. The van der Waals surface area contributed by atoms with Crippen LogP contribution < -0.4 is 4.74 Å². The maximum absolute atomic E-state index is 13.3. The zero-order valence-electron chi connectivity index (χ0n) is 15.5. The molecule has 0 N–H and O–H groups in total. The summed E-state index contributed by atoms with van der Waals surface area (Å²) in [4.78, 5) is 1.89. The fraction of sp³-hybridized carbons (Fsp3) is 0.263. The molecule has 0 spiro atoms. The maximum Gasteiger partial charge on any atom is 0.268 e. The predicted octanol–water partition coefficient (Wildman–Crippen LogP) is 4.57. The van der Waals surface area contributed by atoms with Crippen molar-refractivity contribution in [2.45, 2.75) is 11.8 Å². The van der Waals surface area contributed by atoms with E-state index in [9.17, 15) is 12.8 Å². The van der Waals surface area contributed by atoms with Crippen LogP contribution in [0, 0.1) is 12.7 Å². The molecular formula is C19H19Cl2FN2O3S. The van der Waals surface area contributed by atoms with Gasteiger partial charge in [0.1, 0.15) is 18.2 Å². The largest absolute Gasteiger partial charge is 0.490 e. The van der Waals surface area contributed by atoms with Crippen LogP contribution in [0.1, 0.15) is 5.69 Å². The van der Waals surface area contributed by atoms with Crippen LogP contribution in [0.15, 0.2) is 41.3 Å². The van der Waals surface area contributed by atoms with Crippen molar-refractivity contribution in [3.05, 3.63) is 58.0 Å². The number of hydrogen-bond donors (Lipinski definition) is 0. The first-order chi connectivity index (χ1) is 13.1. The van der Waals surface area contributed by atoms with E-state index in [2.05, 4.69) is 0 Å².